The Morgan fingerprint density at radius 1 is 1.41 bits per heavy atom. The van der Waals surface area contributed by atoms with Crippen molar-refractivity contribution in [2.45, 2.75) is 13.8 Å². The van der Waals surface area contributed by atoms with Gasteiger partial charge in [-0.25, -0.2) is 0 Å². The first kappa shape index (κ1) is 11.9. The molecule has 0 aliphatic rings. The molecule has 1 aromatic carbocycles. The number of H-pyrrole nitrogens is 1. The van der Waals surface area contributed by atoms with Crippen molar-refractivity contribution in [3.8, 4) is 0 Å². The monoisotopic (exact) mass is 293 g/mol. The lowest BCUT2D eigenvalue weighted by molar-refractivity contribution is 0.102. The number of amides is 1. The number of nitrogens with one attached hydrogen (secondary N) is 2. The van der Waals surface area contributed by atoms with Crippen molar-refractivity contribution < 1.29 is 4.79 Å². The molecule has 2 aromatic rings. The van der Waals surface area contributed by atoms with Crippen LogP contribution in [-0.4, -0.2) is 16.1 Å². The Morgan fingerprint density at radius 2 is 2.18 bits per heavy atom. The topological polar surface area (TPSA) is 57.8 Å². The van der Waals surface area contributed by atoms with E-state index < -0.39 is 0 Å². The number of halogens is 1. The molecule has 2 N–H and O–H groups in total. The molecule has 0 aliphatic heterocycles. The number of hydrogen-bond acceptors (Lipinski definition) is 2. The molecule has 88 valence electrons. The maximum atomic E-state index is 12.0. The quantitative estimate of drug-likeness (QED) is 0.894. The van der Waals surface area contributed by atoms with Gasteiger partial charge in [0.05, 0.1) is 17.1 Å². The van der Waals surface area contributed by atoms with Crippen molar-refractivity contribution in [2.24, 2.45) is 0 Å². The van der Waals surface area contributed by atoms with Crippen molar-refractivity contribution in [2.75, 3.05) is 5.32 Å². The zero-order chi connectivity index (χ0) is 12.4. The summed E-state index contributed by atoms with van der Waals surface area (Å²) >= 11 is 3.34. The minimum atomic E-state index is -0.140. The van der Waals surface area contributed by atoms with Crippen LogP contribution in [0.1, 0.15) is 21.7 Å². The zero-order valence-electron chi connectivity index (χ0n) is 9.54. The molecule has 0 saturated heterocycles. The van der Waals surface area contributed by atoms with E-state index in [0.717, 1.165) is 21.5 Å². The van der Waals surface area contributed by atoms with Gasteiger partial charge in [-0.1, -0.05) is 22.0 Å². The number of hydrogen-bond donors (Lipinski definition) is 2. The molecular weight excluding hydrogens is 282 g/mol. The number of aryl methyl sites for hydroxylation is 2. The third-order valence-corrected chi connectivity index (χ3v) is 2.95. The molecule has 0 atom stereocenters. The highest BCUT2D eigenvalue weighted by Gasteiger charge is 2.11. The fourth-order valence-electron chi connectivity index (χ4n) is 1.55. The van der Waals surface area contributed by atoms with E-state index >= 15 is 0 Å². The summed E-state index contributed by atoms with van der Waals surface area (Å²) in [5, 5.41) is 9.71. The first-order valence-corrected chi connectivity index (χ1v) is 5.95. The largest absolute Gasteiger partial charge is 0.319 e. The molecule has 0 radical (unpaired) electrons. The zero-order valence-corrected chi connectivity index (χ0v) is 11.1. The van der Waals surface area contributed by atoms with Crippen LogP contribution in [0.4, 0.5) is 5.69 Å². The van der Waals surface area contributed by atoms with Gasteiger partial charge in [0, 0.05) is 10.0 Å². The predicted octanol–water partition coefficient (Wildman–Crippen LogP) is 3.04. The van der Waals surface area contributed by atoms with Crippen LogP contribution in [0.25, 0.3) is 0 Å². The smallest absolute Gasteiger partial charge is 0.255 e. The standard InChI is InChI=1S/C12H12BrN3O/c1-7-11(8(2)16-15-7)14-12(17)9-4-3-5-10(13)6-9/h3-6H,1-2H3,(H,14,17)(H,15,16). The summed E-state index contributed by atoms with van der Waals surface area (Å²) in [6.45, 7) is 3.72. The molecule has 0 spiro atoms. The maximum absolute atomic E-state index is 12.0. The SMILES string of the molecule is Cc1n[nH]c(C)c1NC(=O)c1cccc(Br)c1. The molecule has 0 bridgehead atoms. The van der Waals surface area contributed by atoms with Gasteiger partial charge in [0.2, 0.25) is 0 Å². The Morgan fingerprint density at radius 3 is 2.76 bits per heavy atom. The second-order valence-electron chi connectivity index (χ2n) is 3.77. The van der Waals surface area contributed by atoms with Gasteiger partial charge in [-0.2, -0.15) is 5.10 Å². The Hall–Kier alpha value is -1.62. The number of nitrogens with zero attached hydrogens (tertiary/aromatic N) is 1. The molecule has 5 heteroatoms. The van der Waals surface area contributed by atoms with Gasteiger partial charge in [0.25, 0.3) is 5.91 Å². The molecule has 4 nitrogen and oxygen atoms in total. The van der Waals surface area contributed by atoms with Gasteiger partial charge in [-0.05, 0) is 32.0 Å². The van der Waals surface area contributed by atoms with Gasteiger partial charge in [-0.15, -0.1) is 0 Å². The van der Waals surface area contributed by atoms with Crippen LogP contribution in [0.15, 0.2) is 28.7 Å². The predicted molar refractivity (Wildman–Crippen MR) is 70.2 cm³/mol. The minimum absolute atomic E-state index is 0.140. The van der Waals surface area contributed by atoms with Crippen LogP contribution in [0.2, 0.25) is 0 Å². The van der Waals surface area contributed by atoms with E-state index in [9.17, 15) is 4.79 Å². The second kappa shape index (κ2) is 4.71. The van der Waals surface area contributed by atoms with E-state index in [1.165, 1.54) is 0 Å². The summed E-state index contributed by atoms with van der Waals surface area (Å²) in [4.78, 5) is 12.0. The van der Waals surface area contributed by atoms with Crippen LogP contribution >= 0.6 is 15.9 Å². The number of rotatable bonds is 2. The van der Waals surface area contributed by atoms with E-state index in [1.807, 2.05) is 26.0 Å². The highest BCUT2D eigenvalue weighted by Crippen LogP contribution is 2.18. The molecule has 1 amide bonds. The number of aromatic amines is 1. The highest BCUT2D eigenvalue weighted by atomic mass is 79.9. The summed E-state index contributed by atoms with van der Waals surface area (Å²) in [6, 6.07) is 7.25. The second-order valence-corrected chi connectivity index (χ2v) is 4.69. The van der Waals surface area contributed by atoms with Gasteiger partial charge in [0.1, 0.15) is 0 Å². The summed E-state index contributed by atoms with van der Waals surface area (Å²) in [5.74, 6) is -0.140. The maximum Gasteiger partial charge on any atom is 0.255 e. The van der Waals surface area contributed by atoms with Crippen molar-refractivity contribution in [1.29, 1.82) is 0 Å². The summed E-state index contributed by atoms with van der Waals surface area (Å²) in [5.41, 5.74) is 2.99. The third kappa shape index (κ3) is 2.55. The average molecular weight is 294 g/mol. The lowest BCUT2D eigenvalue weighted by atomic mass is 10.2. The fraction of sp³-hybridized carbons (Fsp3) is 0.167. The van der Waals surface area contributed by atoms with E-state index in [4.69, 9.17) is 0 Å². The van der Waals surface area contributed by atoms with E-state index in [0.29, 0.717) is 5.56 Å². The Labute approximate surface area is 108 Å². The molecule has 0 fully saturated rings. The van der Waals surface area contributed by atoms with Crippen molar-refractivity contribution in [1.82, 2.24) is 10.2 Å². The van der Waals surface area contributed by atoms with Crippen LogP contribution < -0.4 is 5.32 Å². The van der Waals surface area contributed by atoms with Crippen LogP contribution in [0.3, 0.4) is 0 Å². The fourth-order valence-corrected chi connectivity index (χ4v) is 1.95. The third-order valence-electron chi connectivity index (χ3n) is 2.45. The molecular formula is C12H12BrN3O. The average Bonchev–Trinajstić information content (AvgIpc) is 2.61. The van der Waals surface area contributed by atoms with Gasteiger partial charge < -0.3 is 5.32 Å². The summed E-state index contributed by atoms with van der Waals surface area (Å²) < 4.78 is 0.880. The lowest BCUT2D eigenvalue weighted by Crippen LogP contribution is -2.12. The first-order chi connectivity index (χ1) is 8.08. The van der Waals surface area contributed by atoms with Crippen molar-refractivity contribution in [3.63, 3.8) is 0 Å². The van der Waals surface area contributed by atoms with Gasteiger partial charge >= 0.3 is 0 Å². The molecule has 0 unspecified atom stereocenters. The molecule has 2 rings (SSSR count). The van der Waals surface area contributed by atoms with Crippen LogP contribution in [0, 0.1) is 13.8 Å². The van der Waals surface area contributed by atoms with Crippen LogP contribution in [0.5, 0.6) is 0 Å². The Balaban J connectivity index is 2.23. The number of benzene rings is 1. The number of carbonyl (C=O) groups is 1. The highest BCUT2D eigenvalue weighted by molar-refractivity contribution is 9.10. The number of carbonyl (C=O) groups excluding carboxylic acids is 1. The van der Waals surface area contributed by atoms with E-state index in [2.05, 4.69) is 31.4 Å². The van der Waals surface area contributed by atoms with E-state index in [1.54, 1.807) is 12.1 Å². The van der Waals surface area contributed by atoms with Crippen molar-refractivity contribution in [3.05, 3.63) is 45.7 Å². The molecule has 17 heavy (non-hydrogen) atoms. The minimum Gasteiger partial charge on any atom is -0.319 e. The van der Waals surface area contributed by atoms with Crippen molar-refractivity contribution >= 4 is 27.5 Å². The molecule has 1 aromatic heterocycles. The molecule has 1 heterocycles. The van der Waals surface area contributed by atoms with Gasteiger partial charge in [-0.3, -0.25) is 9.89 Å². The summed E-state index contributed by atoms with van der Waals surface area (Å²) in [7, 11) is 0. The summed E-state index contributed by atoms with van der Waals surface area (Å²) in [6.07, 6.45) is 0. The molecule has 0 saturated carbocycles. The Bertz CT molecular complexity index is 543. The van der Waals surface area contributed by atoms with Crippen LogP contribution in [-0.2, 0) is 0 Å². The lowest BCUT2D eigenvalue weighted by Gasteiger charge is -2.05. The number of anilines is 1. The van der Waals surface area contributed by atoms with Gasteiger partial charge in [0.15, 0.2) is 0 Å². The Kier molecular flexibility index (Phi) is 3.28. The van der Waals surface area contributed by atoms with E-state index in [-0.39, 0.29) is 5.91 Å². The number of aromatic nitrogens is 2. The normalized spacial score (nSPS) is 10.3. The molecule has 0 aliphatic carbocycles. The first-order valence-electron chi connectivity index (χ1n) is 5.16.